The number of furan rings is 1. The maximum atomic E-state index is 12.3. The number of fused-ring (bicyclic) bond motifs is 4. The summed E-state index contributed by atoms with van der Waals surface area (Å²) in [5.41, 5.74) is 1.37. The predicted molar refractivity (Wildman–Crippen MR) is 86.1 cm³/mol. The van der Waals surface area contributed by atoms with Crippen molar-refractivity contribution in [3.05, 3.63) is 23.5 Å². The predicted octanol–water partition coefficient (Wildman–Crippen LogP) is 2.76. The van der Waals surface area contributed by atoms with Crippen LogP contribution in [0.3, 0.4) is 0 Å². The van der Waals surface area contributed by atoms with Crippen LogP contribution in [0, 0.1) is 0 Å². The maximum absolute atomic E-state index is 12.3. The molecular formula is C18H20O6. The summed E-state index contributed by atoms with van der Waals surface area (Å²) >= 11 is 0. The molecule has 0 atom stereocenters. The summed E-state index contributed by atoms with van der Waals surface area (Å²) in [7, 11) is 0. The first-order valence-corrected chi connectivity index (χ1v) is 8.36. The van der Waals surface area contributed by atoms with Gasteiger partial charge in [-0.15, -0.1) is 0 Å². The van der Waals surface area contributed by atoms with Crippen molar-refractivity contribution in [3.8, 4) is 11.5 Å². The quantitative estimate of drug-likeness (QED) is 0.739. The lowest BCUT2D eigenvalue weighted by atomic mass is 9.94. The zero-order valence-electron chi connectivity index (χ0n) is 13.5. The van der Waals surface area contributed by atoms with Gasteiger partial charge in [-0.25, -0.2) is 0 Å². The maximum Gasteiger partial charge on any atom is 0.167 e. The zero-order valence-corrected chi connectivity index (χ0v) is 13.5. The lowest BCUT2D eigenvalue weighted by Crippen LogP contribution is -2.15. The first kappa shape index (κ1) is 15.5. The molecule has 4 rings (SSSR count). The Morgan fingerprint density at radius 2 is 1.46 bits per heavy atom. The SMILES string of the molecule is O=C1CCCc2oc3cc4c(cc3c21)OCCOCCOCCO4. The van der Waals surface area contributed by atoms with Gasteiger partial charge in [0.25, 0.3) is 0 Å². The molecule has 1 aromatic heterocycles. The van der Waals surface area contributed by atoms with Crippen LogP contribution in [0.1, 0.15) is 29.0 Å². The van der Waals surface area contributed by atoms with E-state index in [1.807, 2.05) is 12.1 Å². The summed E-state index contributed by atoms with van der Waals surface area (Å²) in [6.45, 7) is 2.87. The Morgan fingerprint density at radius 3 is 2.21 bits per heavy atom. The molecule has 24 heavy (non-hydrogen) atoms. The second-order valence-electron chi connectivity index (χ2n) is 5.89. The van der Waals surface area contributed by atoms with Gasteiger partial charge in [0.05, 0.1) is 32.0 Å². The molecule has 0 radical (unpaired) electrons. The summed E-state index contributed by atoms with van der Waals surface area (Å²) in [5.74, 6) is 2.12. The summed E-state index contributed by atoms with van der Waals surface area (Å²) < 4.78 is 28.4. The fourth-order valence-electron chi connectivity index (χ4n) is 3.14. The first-order valence-electron chi connectivity index (χ1n) is 8.36. The van der Waals surface area contributed by atoms with Crippen LogP contribution in [-0.4, -0.2) is 45.4 Å². The van der Waals surface area contributed by atoms with Crippen LogP contribution in [-0.2, 0) is 15.9 Å². The molecule has 6 nitrogen and oxygen atoms in total. The van der Waals surface area contributed by atoms with Crippen molar-refractivity contribution < 1.29 is 28.2 Å². The second-order valence-corrected chi connectivity index (χ2v) is 5.89. The average molecular weight is 332 g/mol. The van der Waals surface area contributed by atoms with E-state index in [9.17, 15) is 4.79 Å². The summed E-state index contributed by atoms with van der Waals surface area (Å²) in [5, 5.41) is 0.807. The molecule has 2 heterocycles. The Morgan fingerprint density at radius 1 is 0.792 bits per heavy atom. The third-order valence-corrected chi connectivity index (χ3v) is 4.26. The Labute approximate surface area is 139 Å². The van der Waals surface area contributed by atoms with Gasteiger partial charge in [0.15, 0.2) is 17.3 Å². The van der Waals surface area contributed by atoms with Crippen molar-refractivity contribution in [3.63, 3.8) is 0 Å². The highest BCUT2D eigenvalue weighted by molar-refractivity contribution is 6.09. The van der Waals surface area contributed by atoms with Crippen molar-refractivity contribution in [1.29, 1.82) is 0 Å². The van der Waals surface area contributed by atoms with E-state index in [0.29, 0.717) is 68.7 Å². The van der Waals surface area contributed by atoms with E-state index in [4.69, 9.17) is 23.4 Å². The molecule has 2 aliphatic rings. The van der Waals surface area contributed by atoms with Gasteiger partial charge in [-0.3, -0.25) is 4.79 Å². The van der Waals surface area contributed by atoms with Crippen LogP contribution < -0.4 is 9.47 Å². The minimum absolute atomic E-state index is 0.140. The van der Waals surface area contributed by atoms with E-state index in [2.05, 4.69) is 0 Å². The third-order valence-electron chi connectivity index (χ3n) is 4.26. The number of carbonyl (C=O) groups is 1. The van der Waals surface area contributed by atoms with Crippen LogP contribution in [0.15, 0.2) is 16.5 Å². The van der Waals surface area contributed by atoms with E-state index < -0.39 is 0 Å². The van der Waals surface area contributed by atoms with Crippen molar-refractivity contribution >= 4 is 16.8 Å². The number of ether oxygens (including phenoxy) is 4. The van der Waals surface area contributed by atoms with Gasteiger partial charge in [0.2, 0.25) is 0 Å². The molecule has 1 aliphatic heterocycles. The van der Waals surface area contributed by atoms with Crippen molar-refractivity contribution in [1.82, 2.24) is 0 Å². The molecule has 128 valence electrons. The van der Waals surface area contributed by atoms with Crippen LogP contribution in [0.25, 0.3) is 11.0 Å². The molecule has 0 fully saturated rings. The van der Waals surface area contributed by atoms with E-state index in [1.165, 1.54) is 0 Å². The number of hydrogen-bond acceptors (Lipinski definition) is 6. The molecule has 6 heteroatoms. The summed E-state index contributed by atoms with van der Waals surface area (Å²) in [4.78, 5) is 12.3. The van der Waals surface area contributed by atoms with Crippen molar-refractivity contribution in [2.24, 2.45) is 0 Å². The summed E-state index contributed by atoms with van der Waals surface area (Å²) in [6.07, 6.45) is 2.21. The van der Waals surface area contributed by atoms with E-state index in [-0.39, 0.29) is 5.78 Å². The Hall–Kier alpha value is -2.05. The smallest absolute Gasteiger partial charge is 0.167 e. The molecule has 0 N–H and O–H groups in total. The molecule has 0 spiro atoms. The number of benzene rings is 1. The Balaban J connectivity index is 1.72. The lowest BCUT2D eigenvalue weighted by molar-refractivity contribution is 0.0224. The van der Waals surface area contributed by atoms with Crippen molar-refractivity contribution in [2.45, 2.75) is 19.3 Å². The normalized spacial score (nSPS) is 19.4. The van der Waals surface area contributed by atoms with Crippen molar-refractivity contribution in [2.75, 3.05) is 39.6 Å². The largest absolute Gasteiger partial charge is 0.487 e. The number of rotatable bonds is 0. The number of hydrogen-bond donors (Lipinski definition) is 0. The topological polar surface area (TPSA) is 67.1 Å². The molecular weight excluding hydrogens is 312 g/mol. The minimum atomic E-state index is 0.140. The van der Waals surface area contributed by atoms with E-state index in [0.717, 1.165) is 24.0 Å². The molecule has 0 amide bonds. The fraction of sp³-hybridized carbons (Fsp3) is 0.500. The molecule has 0 saturated heterocycles. The van der Waals surface area contributed by atoms with E-state index in [1.54, 1.807) is 0 Å². The zero-order chi connectivity index (χ0) is 16.4. The number of ketones is 1. The minimum Gasteiger partial charge on any atom is -0.487 e. The highest BCUT2D eigenvalue weighted by Gasteiger charge is 2.26. The van der Waals surface area contributed by atoms with Gasteiger partial charge in [-0.1, -0.05) is 0 Å². The van der Waals surface area contributed by atoms with Gasteiger partial charge in [-0.2, -0.15) is 0 Å². The fourth-order valence-corrected chi connectivity index (χ4v) is 3.14. The molecule has 0 saturated carbocycles. The van der Waals surface area contributed by atoms with Crippen LogP contribution in [0.4, 0.5) is 0 Å². The number of carbonyl (C=O) groups excluding carboxylic acids is 1. The highest BCUT2D eigenvalue weighted by atomic mass is 16.6. The third kappa shape index (κ3) is 2.99. The van der Waals surface area contributed by atoms with Crippen LogP contribution >= 0.6 is 0 Å². The van der Waals surface area contributed by atoms with Crippen LogP contribution in [0.5, 0.6) is 11.5 Å². The Bertz CT molecular complexity index is 748. The molecule has 1 aliphatic carbocycles. The highest BCUT2D eigenvalue weighted by Crippen LogP contribution is 2.39. The average Bonchev–Trinajstić information content (AvgIpc) is 2.93. The van der Waals surface area contributed by atoms with E-state index >= 15 is 0 Å². The molecule has 0 unspecified atom stereocenters. The first-order chi connectivity index (χ1) is 11.8. The van der Waals surface area contributed by atoms with Gasteiger partial charge in [0.1, 0.15) is 24.6 Å². The standard InChI is InChI=1S/C18H20O6/c19-13-2-1-3-14-18(13)12-10-16-17(11-15(12)24-14)23-9-7-21-5-4-20-6-8-22-16/h10-11H,1-9H2. The van der Waals surface area contributed by atoms with Gasteiger partial charge in [-0.05, 0) is 12.5 Å². The summed E-state index contributed by atoms with van der Waals surface area (Å²) in [6, 6.07) is 3.66. The van der Waals surface area contributed by atoms with Gasteiger partial charge < -0.3 is 23.4 Å². The number of aryl methyl sites for hydroxylation is 1. The van der Waals surface area contributed by atoms with Crippen LogP contribution in [0.2, 0.25) is 0 Å². The lowest BCUT2D eigenvalue weighted by Gasteiger charge is -2.15. The van der Waals surface area contributed by atoms with Gasteiger partial charge in [0, 0.05) is 24.3 Å². The monoisotopic (exact) mass is 332 g/mol. The molecule has 2 aromatic rings. The second kappa shape index (κ2) is 6.83. The van der Waals surface area contributed by atoms with Gasteiger partial charge >= 0.3 is 0 Å². The molecule has 0 bridgehead atoms. The molecule has 1 aromatic carbocycles. The Kier molecular flexibility index (Phi) is 4.40. The number of Topliss-reactive ketones (excluding diaryl/α,β-unsaturated/α-hetero) is 1.